The van der Waals surface area contributed by atoms with Gasteiger partial charge in [0.2, 0.25) is 0 Å². The predicted molar refractivity (Wildman–Crippen MR) is 122 cm³/mol. The van der Waals surface area contributed by atoms with Gasteiger partial charge in [-0.05, 0) is 43.3 Å². The third-order valence-corrected chi connectivity index (χ3v) is 5.22. The Morgan fingerprint density at radius 2 is 1.73 bits per heavy atom. The molecule has 0 bridgehead atoms. The van der Waals surface area contributed by atoms with E-state index in [1.807, 2.05) is 30.3 Å². The Balaban J connectivity index is 0.00000320. The van der Waals surface area contributed by atoms with Gasteiger partial charge in [0.1, 0.15) is 5.69 Å². The number of likely N-dealkylation sites (N-methyl/N-ethyl adjacent to an activating group) is 1. The van der Waals surface area contributed by atoms with Gasteiger partial charge in [-0.15, -0.1) is 12.4 Å². The Kier molecular flexibility index (Phi) is 8.56. The van der Waals surface area contributed by atoms with Gasteiger partial charge in [0.05, 0.1) is 19.1 Å². The van der Waals surface area contributed by atoms with Crippen molar-refractivity contribution in [2.24, 2.45) is 0 Å². The summed E-state index contributed by atoms with van der Waals surface area (Å²) < 4.78 is 10.6. The van der Waals surface area contributed by atoms with Crippen LogP contribution in [0.2, 0.25) is 0 Å². The molecule has 2 aromatic carbocycles. The van der Waals surface area contributed by atoms with Crippen molar-refractivity contribution in [1.29, 1.82) is 0 Å². The van der Waals surface area contributed by atoms with Crippen LogP contribution in [-0.2, 0) is 6.42 Å². The number of nitro groups is 1. The van der Waals surface area contributed by atoms with Gasteiger partial charge in [-0.1, -0.05) is 6.07 Å². The van der Waals surface area contributed by atoms with Crippen LogP contribution in [0.3, 0.4) is 0 Å². The summed E-state index contributed by atoms with van der Waals surface area (Å²) in [6, 6.07) is 11.1. The summed E-state index contributed by atoms with van der Waals surface area (Å²) >= 11 is 0. The number of ether oxygens (including phenoxy) is 2. The number of piperazine rings is 1. The molecule has 0 radical (unpaired) electrons. The number of nitrogens with one attached hydrogen (secondary N) is 1. The quantitative estimate of drug-likeness (QED) is 0.501. The second kappa shape index (κ2) is 10.9. The maximum atomic E-state index is 11.5. The molecule has 8 nitrogen and oxygen atoms in total. The zero-order valence-electron chi connectivity index (χ0n) is 17.6. The summed E-state index contributed by atoms with van der Waals surface area (Å²) in [4.78, 5) is 15.7. The smallest absolute Gasteiger partial charge is 0.292 e. The van der Waals surface area contributed by atoms with E-state index in [2.05, 4.69) is 22.2 Å². The number of halogens is 1. The van der Waals surface area contributed by atoms with Crippen molar-refractivity contribution < 1.29 is 14.4 Å². The van der Waals surface area contributed by atoms with Crippen molar-refractivity contribution in [3.8, 4) is 11.5 Å². The van der Waals surface area contributed by atoms with Crippen LogP contribution in [0.4, 0.5) is 17.1 Å². The molecule has 1 heterocycles. The number of benzene rings is 2. The van der Waals surface area contributed by atoms with Crippen molar-refractivity contribution in [1.82, 2.24) is 4.90 Å². The molecule has 0 aromatic heterocycles. The number of nitro benzene ring substituents is 1. The van der Waals surface area contributed by atoms with Gasteiger partial charge >= 0.3 is 0 Å². The van der Waals surface area contributed by atoms with E-state index in [0.29, 0.717) is 30.2 Å². The molecule has 1 N–H and O–H groups in total. The number of nitrogens with zero attached hydrogens (tertiary/aromatic N) is 3. The first-order valence-corrected chi connectivity index (χ1v) is 9.68. The van der Waals surface area contributed by atoms with E-state index in [4.69, 9.17) is 9.47 Å². The zero-order valence-corrected chi connectivity index (χ0v) is 18.4. The Bertz CT molecular complexity index is 857. The standard InChI is InChI=1S/C21H28N4O4.ClH/c1-23-10-12-24(13-11-23)17-5-6-19(25(26)27)18(15-17)22-9-8-16-4-7-20(28-2)21(14-16)29-3;/h4-7,14-15,22H,8-13H2,1-3H3;1H. The molecule has 9 heteroatoms. The topological polar surface area (TPSA) is 80.1 Å². The monoisotopic (exact) mass is 436 g/mol. The van der Waals surface area contributed by atoms with Gasteiger partial charge in [-0.25, -0.2) is 0 Å². The summed E-state index contributed by atoms with van der Waals surface area (Å²) in [5.74, 6) is 1.35. The Morgan fingerprint density at radius 3 is 2.37 bits per heavy atom. The van der Waals surface area contributed by atoms with E-state index in [-0.39, 0.29) is 23.0 Å². The minimum Gasteiger partial charge on any atom is -0.493 e. The lowest BCUT2D eigenvalue weighted by atomic mass is 10.1. The molecule has 2 aromatic rings. The first-order chi connectivity index (χ1) is 14.0. The maximum absolute atomic E-state index is 11.5. The lowest BCUT2D eigenvalue weighted by Crippen LogP contribution is -2.44. The van der Waals surface area contributed by atoms with Crippen LogP contribution in [0, 0.1) is 10.1 Å². The fraction of sp³-hybridized carbons (Fsp3) is 0.429. The number of hydrogen-bond donors (Lipinski definition) is 1. The van der Waals surface area contributed by atoms with Crippen molar-refractivity contribution in [3.63, 3.8) is 0 Å². The Hall–Kier alpha value is -2.71. The van der Waals surface area contributed by atoms with E-state index in [9.17, 15) is 10.1 Å². The van der Waals surface area contributed by atoms with Crippen LogP contribution < -0.4 is 19.7 Å². The molecular formula is C21H29ClN4O4. The molecule has 0 atom stereocenters. The molecule has 0 unspecified atom stereocenters. The highest BCUT2D eigenvalue weighted by Crippen LogP contribution is 2.31. The second-order valence-electron chi connectivity index (χ2n) is 7.11. The molecule has 1 aliphatic heterocycles. The average Bonchev–Trinajstić information content (AvgIpc) is 2.74. The number of hydrogen-bond acceptors (Lipinski definition) is 7. The lowest BCUT2D eigenvalue weighted by Gasteiger charge is -2.34. The average molecular weight is 437 g/mol. The lowest BCUT2D eigenvalue weighted by molar-refractivity contribution is -0.383. The van der Waals surface area contributed by atoms with Crippen LogP contribution in [-0.4, -0.2) is 63.8 Å². The number of methoxy groups -OCH3 is 2. The van der Waals surface area contributed by atoms with E-state index in [1.54, 1.807) is 20.3 Å². The number of rotatable bonds is 8. The summed E-state index contributed by atoms with van der Waals surface area (Å²) in [7, 11) is 5.31. The van der Waals surface area contributed by atoms with Crippen molar-refractivity contribution in [2.75, 3.05) is 64.2 Å². The van der Waals surface area contributed by atoms with Crippen LogP contribution in [0.15, 0.2) is 36.4 Å². The number of anilines is 2. The van der Waals surface area contributed by atoms with Crippen molar-refractivity contribution >= 4 is 29.5 Å². The van der Waals surface area contributed by atoms with Crippen LogP contribution in [0.5, 0.6) is 11.5 Å². The van der Waals surface area contributed by atoms with E-state index >= 15 is 0 Å². The highest BCUT2D eigenvalue weighted by Gasteiger charge is 2.19. The molecule has 30 heavy (non-hydrogen) atoms. The van der Waals surface area contributed by atoms with Crippen LogP contribution in [0.25, 0.3) is 0 Å². The fourth-order valence-corrected chi connectivity index (χ4v) is 3.46. The van der Waals surface area contributed by atoms with E-state index in [0.717, 1.165) is 37.4 Å². The summed E-state index contributed by atoms with van der Waals surface area (Å²) in [5, 5.41) is 14.7. The first kappa shape index (κ1) is 23.6. The molecule has 0 aliphatic carbocycles. The van der Waals surface area contributed by atoms with Gasteiger partial charge in [0, 0.05) is 44.5 Å². The minimum absolute atomic E-state index is 0. The fourth-order valence-electron chi connectivity index (χ4n) is 3.46. The SMILES string of the molecule is COc1ccc(CCNc2cc(N3CCN(C)CC3)ccc2[N+](=O)[O-])cc1OC.Cl. The largest absolute Gasteiger partial charge is 0.493 e. The van der Waals surface area contributed by atoms with Crippen LogP contribution in [0.1, 0.15) is 5.56 Å². The molecule has 3 rings (SSSR count). The first-order valence-electron chi connectivity index (χ1n) is 9.68. The molecule has 0 spiro atoms. The molecule has 0 amide bonds. The van der Waals surface area contributed by atoms with Crippen LogP contribution >= 0.6 is 12.4 Å². The van der Waals surface area contributed by atoms with E-state index in [1.165, 1.54) is 0 Å². The van der Waals surface area contributed by atoms with Gasteiger partial charge in [-0.3, -0.25) is 10.1 Å². The molecule has 164 valence electrons. The highest BCUT2D eigenvalue weighted by molar-refractivity contribution is 5.85. The third-order valence-electron chi connectivity index (χ3n) is 5.22. The van der Waals surface area contributed by atoms with Gasteiger partial charge in [-0.2, -0.15) is 0 Å². The Morgan fingerprint density at radius 1 is 1.03 bits per heavy atom. The Labute approximate surface area is 183 Å². The van der Waals surface area contributed by atoms with E-state index < -0.39 is 0 Å². The van der Waals surface area contributed by atoms with Crippen molar-refractivity contribution in [2.45, 2.75) is 6.42 Å². The normalized spacial score (nSPS) is 14.0. The summed E-state index contributed by atoms with van der Waals surface area (Å²) in [5.41, 5.74) is 2.72. The molecule has 1 aliphatic rings. The zero-order chi connectivity index (χ0) is 20.8. The molecule has 1 saturated heterocycles. The highest BCUT2D eigenvalue weighted by atomic mass is 35.5. The predicted octanol–water partition coefficient (Wildman–Crippen LogP) is 3.44. The minimum atomic E-state index is -0.341. The van der Waals surface area contributed by atoms with Crippen molar-refractivity contribution in [3.05, 3.63) is 52.1 Å². The summed E-state index contributed by atoms with van der Waals surface area (Å²) in [6.07, 6.45) is 0.705. The third kappa shape index (κ3) is 5.67. The molecule has 1 fully saturated rings. The van der Waals surface area contributed by atoms with Gasteiger partial charge < -0.3 is 24.6 Å². The summed E-state index contributed by atoms with van der Waals surface area (Å²) in [6.45, 7) is 4.37. The molecular weight excluding hydrogens is 408 g/mol. The second-order valence-corrected chi connectivity index (χ2v) is 7.11. The maximum Gasteiger partial charge on any atom is 0.292 e. The van der Waals surface area contributed by atoms with Gasteiger partial charge in [0.25, 0.3) is 5.69 Å². The van der Waals surface area contributed by atoms with Gasteiger partial charge in [0.15, 0.2) is 11.5 Å². The molecule has 0 saturated carbocycles.